The summed E-state index contributed by atoms with van der Waals surface area (Å²) in [6, 6.07) is 0. The molecule has 118 valence electrons. The highest BCUT2D eigenvalue weighted by molar-refractivity contribution is 5.66. The Labute approximate surface area is 127 Å². The third kappa shape index (κ3) is 4.06. The van der Waals surface area contributed by atoms with E-state index in [0.29, 0.717) is 17.5 Å². The van der Waals surface area contributed by atoms with Gasteiger partial charge in [-0.05, 0) is 48.0 Å². The van der Waals surface area contributed by atoms with Crippen LogP contribution in [0.3, 0.4) is 0 Å². The Morgan fingerprint density at radius 3 is 2.10 bits per heavy atom. The van der Waals surface area contributed by atoms with Gasteiger partial charge >= 0.3 is 0 Å². The van der Waals surface area contributed by atoms with Crippen molar-refractivity contribution < 1.29 is 19.7 Å². The van der Waals surface area contributed by atoms with Crippen LogP contribution in [-0.2, 0) is 6.42 Å². The summed E-state index contributed by atoms with van der Waals surface area (Å²) >= 11 is 0. The monoisotopic (exact) mass is 294 g/mol. The Morgan fingerprint density at radius 2 is 1.67 bits per heavy atom. The number of rotatable bonds is 4. The lowest BCUT2D eigenvalue weighted by Gasteiger charge is -2.25. The minimum Gasteiger partial charge on any atom is -0.504 e. The van der Waals surface area contributed by atoms with E-state index in [1.807, 2.05) is 40.7 Å². The molecule has 0 saturated carbocycles. The molecule has 0 saturated heterocycles. The summed E-state index contributed by atoms with van der Waals surface area (Å²) in [5.74, 6) is 0.382. The molecule has 0 aromatic heterocycles. The largest absolute Gasteiger partial charge is 0.504 e. The molecule has 0 aliphatic rings. The fourth-order valence-corrected chi connectivity index (χ4v) is 1.99. The molecule has 0 amide bonds. The van der Waals surface area contributed by atoms with Crippen molar-refractivity contribution in [2.24, 2.45) is 0 Å². The van der Waals surface area contributed by atoms with Gasteiger partial charge in [0.05, 0.1) is 7.11 Å². The molecule has 0 atom stereocenters. The Kier molecular flexibility index (Phi) is 5.15. The maximum absolute atomic E-state index is 10.4. The lowest BCUT2D eigenvalue weighted by atomic mass is 10.00. The van der Waals surface area contributed by atoms with Gasteiger partial charge < -0.3 is 19.7 Å². The number of allylic oxidation sites excluding steroid dienone is 2. The average Bonchev–Trinajstić information content (AvgIpc) is 2.34. The van der Waals surface area contributed by atoms with Crippen molar-refractivity contribution in [3.05, 3.63) is 22.8 Å². The first kappa shape index (κ1) is 17.2. The second-order valence-electron chi connectivity index (χ2n) is 6.36. The van der Waals surface area contributed by atoms with Crippen molar-refractivity contribution in [2.45, 2.75) is 53.6 Å². The van der Waals surface area contributed by atoms with Crippen LogP contribution in [-0.4, -0.2) is 22.9 Å². The average molecular weight is 294 g/mol. The predicted molar refractivity (Wildman–Crippen MR) is 84.6 cm³/mol. The predicted octanol–water partition coefficient (Wildman–Crippen LogP) is 4.10. The molecule has 4 nitrogen and oxygen atoms in total. The molecule has 0 fully saturated rings. The summed E-state index contributed by atoms with van der Waals surface area (Å²) in [4.78, 5) is 0. The molecule has 0 unspecified atom stereocenters. The van der Waals surface area contributed by atoms with Gasteiger partial charge in [-0.3, -0.25) is 0 Å². The summed E-state index contributed by atoms with van der Waals surface area (Å²) in [6.45, 7) is 11.3. The van der Waals surface area contributed by atoms with Gasteiger partial charge in [0.25, 0.3) is 0 Å². The van der Waals surface area contributed by atoms with E-state index in [0.717, 1.165) is 5.57 Å². The number of hydrogen-bond donors (Lipinski definition) is 2. The van der Waals surface area contributed by atoms with E-state index in [9.17, 15) is 10.2 Å². The van der Waals surface area contributed by atoms with Crippen molar-refractivity contribution in [1.29, 1.82) is 0 Å². The van der Waals surface area contributed by atoms with Crippen molar-refractivity contribution in [3.8, 4) is 23.0 Å². The molecule has 0 aliphatic carbocycles. The number of ether oxygens (including phenoxy) is 2. The van der Waals surface area contributed by atoms with Crippen molar-refractivity contribution in [3.63, 3.8) is 0 Å². The second-order valence-corrected chi connectivity index (χ2v) is 6.36. The Bertz CT molecular complexity index is 547. The van der Waals surface area contributed by atoms with Crippen molar-refractivity contribution in [2.75, 3.05) is 7.11 Å². The van der Waals surface area contributed by atoms with Gasteiger partial charge in [-0.15, -0.1) is 0 Å². The third-order valence-electron chi connectivity index (χ3n) is 3.06. The van der Waals surface area contributed by atoms with Gasteiger partial charge in [0.15, 0.2) is 11.5 Å². The molecule has 1 rings (SSSR count). The smallest absolute Gasteiger partial charge is 0.208 e. The van der Waals surface area contributed by atoms with Crippen LogP contribution in [0, 0.1) is 6.92 Å². The molecule has 0 aliphatic heterocycles. The van der Waals surface area contributed by atoms with Crippen LogP contribution in [0.5, 0.6) is 23.0 Å². The van der Waals surface area contributed by atoms with Gasteiger partial charge in [0.2, 0.25) is 11.5 Å². The maximum Gasteiger partial charge on any atom is 0.208 e. The van der Waals surface area contributed by atoms with Crippen molar-refractivity contribution >= 4 is 0 Å². The highest BCUT2D eigenvalue weighted by atomic mass is 16.5. The third-order valence-corrected chi connectivity index (χ3v) is 3.06. The van der Waals surface area contributed by atoms with Crippen LogP contribution in [0.2, 0.25) is 0 Å². The van der Waals surface area contributed by atoms with E-state index >= 15 is 0 Å². The van der Waals surface area contributed by atoms with Gasteiger partial charge in [-0.2, -0.15) is 0 Å². The highest BCUT2D eigenvalue weighted by Crippen LogP contribution is 2.49. The highest BCUT2D eigenvalue weighted by Gasteiger charge is 2.26. The zero-order valence-corrected chi connectivity index (χ0v) is 14.0. The lowest BCUT2D eigenvalue weighted by molar-refractivity contribution is 0.119. The van der Waals surface area contributed by atoms with E-state index in [1.54, 1.807) is 6.92 Å². The van der Waals surface area contributed by atoms with E-state index in [1.165, 1.54) is 7.11 Å². The molecule has 0 bridgehead atoms. The molecule has 4 heteroatoms. The number of hydrogen-bond acceptors (Lipinski definition) is 4. The SMILES string of the molecule is COc1c(O)c(CC=C(C)C)c(C)c(O)c1OC(C)(C)C. The molecule has 0 radical (unpaired) electrons. The Morgan fingerprint density at radius 1 is 1.10 bits per heavy atom. The molecule has 1 aromatic carbocycles. The van der Waals surface area contributed by atoms with Crippen LogP contribution < -0.4 is 9.47 Å². The topological polar surface area (TPSA) is 58.9 Å². The molecular formula is C17H26O4. The van der Waals surface area contributed by atoms with Crippen LogP contribution >= 0.6 is 0 Å². The van der Waals surface area contributed by atoms with Crippen molar-refractivity contribution in [1.82, 2.24) is 0 Å². The van der Waals surface area contributed by atoms with Gasteiger partial charge in [0, 0.05) is 11.1 Å². The maximum atomic E-state index is 10.4. The molecule has 0 spiro atoms. The van der Waals surface area contributed by atoms with Crippen LogP contribution in [0.1, 0.15) is 45.7 Å². The number of aromatic hydroxyl groups is 2. The van der Waals surface area contributed by atoms with Gasteiger partial charge in [0.1, 0.15) is 5.60 Å². The first-order chi connectivity index (χ1) is 9.58. The first-order valence-corrected chi connectivity index (χ1v) is 7.02. The van der Waals surface area contributed by atoms with E-state index in [-0.39, 0.29) is 23.0 Å². The summed E-state index contributed by atoms with van der Waals surface area (Å²) < 4.78 is 11.0. The zero-order chi connectivity index (χ0) is 16.4. The standard InChI is InChI=1S/C17H26O4/c1-10(2)8-9-12-11(3)13(18)16(21-17(4,5)6)15(20-7)14(12)19/h8,18-19H,9H2,1-7H3. The van der Waals surface area contributed by atoms with Crippen LogP contribution in [0.15, 0.2) is 11.6 Å². The number of benzene rings is 1. The summed E-state index contributed by atoms with van der Waals surface area (Å²) in [6.07, 6.45) is 2.52. The summed E-state index contributed by atoms with van der Waals surface area (Å²) in [5.41, 5.74) is 1.88. The fraction of sp³-hybridized carbons (Fsp3) is 0.529. The van der Waals surface area contributed by atoms with Crippen LogP contribution in [0.4, 0.5) is 0 Å². The molecule has 1 aromatic rings. The quantitative estimate of drug-likeness (QED) is 0.648. The minimum absolute atomic E-state index is 0.0109. The van der Waals surface area contributed by atoms with E-state index in [2.05, 4.69) is 0 Å². The second kappa shape index (κ2) is 6.29. The molecule has 2 N–H and O–H groups in total. The number of phenols is 2. The van der Waals surface area contributed by atoms with Crippen LogP contribution in [0.25, 0.3) is 0 Å². The molecule has 21 heavy (non-hydrogen) atoms. The Hall–Kier alpha value is -1.84. The minimum atomic E-state index is -0.509. The zero-order valence-electron chi connectivity index (χ0n) is 14.0. The van der Waals surface area contributed by atoms with Gasteiger partial charge in [-0.25, -0.2) is 0 Å². The molecule has 0 heterocycles. The number of phenolic OH excluding ortho intramolecular Hbond substituents is 2. The van der Waals surface area contributed by atoms with E-state index in [4.69, 9.17) is 9.47 Å². The fourth-order valence-electron chi connectivity index (χ4n) is 1.99. The van der Waals surface area contributed by atoms with Gasteiger partial charge in [-0.1, -0.05) is 11.6 Å². The molecular weight excluding hydrogens is 268 g/mol. The number of methoxy groups -OCH3 is 1. The first-order valence-electron chi connectivity index (χ1n) is 7.02. The normalized spacial score (nSPS) is 11.2. The Balaban J connectivity index is 3.47. The van der Waals surface area contributed by atoms with E-state index < -0.39 is 5.60 Å². The lowest BCUT2D eigenvalue weighted by Crippen LogP contribution is -2.23. The summed E-state index contributed by atoms with van der Waals surface area (Å²) in [7, 11) is 1.45. The summed E-state index contributed by atoms with van der Waals surface area (Å²) in [5, 5.41) is 20.8.